The lowest BCUT2D eigenvalue weighted by atomic mass is 9.92. The maximum Gasteiger partial charge on any atom is 0.0306 e. The van der Waals surface area contributed by atoms with Crippen LogP contribution in [-0.2, 0) is 0 Å². The lowest BCUT2D eigenvalue weighted by molar-refractivity contribution is 0.168. The van der Waals surface area contributed by atoms with Gasteiger partial charge in [-0.1, -0.05) is 40.5 Å². The Morgan fingerprint density at radius 2 is 1.88 bits per heavy atom. The molecular formula is C15H32N2. The van der Waals surface area contributed by atoms with Gasteiger partial charge in [-0.05, 0) is 38.3 Å². The number of likely N-dealkylation sites (N-methyl/N-ethyl adjacent to an activating group) is 1. The molecule has 1 atom stereocenters. The molecule has 1 aliphatic heterocycles. The van der Waals surface area contributed by atoms with Crippen molar-refractivity contribution in [3.8, 4) is 0 Å². The molecule has 2 heteroatoms. The number of nitrogens with one attached hydrogen (secondary N) is 1. The van der Waals surface area contributed by atoms with Crippen molar-refractivity contribution in [3.05, 3.63) is 0 Å². The van der Waals surface area contributed by atoms with E-state index in [1.54, 1.807) is 0 Å². The van der Waals surface area contributed by atoms with Gasteiger partial charge in [-0.15, -0.1) is 0 Å². The molecule has 0 radical (unpaired) electrons. The van der Waals surface area contributed by atoms with E-state index in [-0.39, 0.29) is 0 Å². The molecule has 1 aliphatic rings. The van der Waals surface area contributed by atoms with Crippen molar-refractivity contribution in [1.82, 2.24) is 10.2 Å². The zero-order chi connectivity index (χ0) is 12.7. The van der Waals surface area contributed by atoms with Crippen LogP contribution in [0.25, 0.3) is 0 Å². The molecule has 0 aromatic rings. The summed E-state index contributed by atoms with van der Waals surface area (Å²) in [6, 6.07) is 0. The van der Waals surface area contributed by atoms with Gasteiger partial charge in [0, 0.05) is 18.6 Å². The summed E-state index contributed by atoms with van der Waals surface area (Å²) >= 11 is 0. The van der Waals surface area contributed by atoms with E-state index in [0.717, 1.165) is 5.92 Å². The van der Waals surface area contributed by atoms with Crippen LogP contribution in [0.1, 0.15) is 59.8 Å². The Morgan fingerprint density at radius 1 is 1.18 bits per heavy atom. The Morgan fingerprint density at radius 3 is 2.29 bits per heavy atom. The van der Waals surface area contributed by atoms with Crippen LogP contribution < -0.4 is 5.32 Å². The van der Waals surface area contributed by atoms with E-state index >= 15 is 0 Å². The molecule has 0 amide bonds. The first-order chi connectivity index (χ1) is 8.19. The van der Waals surface area contributed by atoms with Gasteiger partial charge < -0.3 is 10.2 Å². The lowest BCUT2D eigenvalue weighted by Crippen LogP contribution is -2.50. The van der Waals surface area contributed by atoms with Crippen molar-refractivity contribution in [2.45, 2.75) is 65.3 Å². The predicted octanol–water partition coefficient (Wildman–Crippen LogP) is 3.28. The topological polar surface area (TPSA) is 15.3 Å². The Hall–Kier alpha value is -0.0800. The van der Waals surface area contributed by atoms with E-state index < -0.39 is 0 Å². The third-order valence-corrected chi connectivity index (χ3v) is 4.65. The van der Waals surface area contributed by atoms with Crippen LogP contribution in [0, 0.1) is 5.92 Å². The van der Waals surface area contributed by atoms with E-state index in [4.69, 9.17) is 0 Å². The molecule has 1 unspecified atom stereocenters. The number of rotatable bonds is 8. The smallest absolute Gasteiger partial charge is 0.0306 e. The van der Waals surface area contributed by atoms with Crippen LogP contribution in [0.3, 0.4) is 0 Å². The molecule has 2 nitrogen and oxygen atoms in total. The number of hydrogen-bond acceptors (Lipinski definition) is 2. The third-order valence-electron chi connectivity index (χ3n) is 4.65. The zero-order valence-electron chi connectivity index (χ0n) is 12.4. The van der Waals surface area contributed by atoms with Crippen molar-refractivity contribution >= 4 is 0 Å². The van der Waals surface area contributed by atoms with Crippen LogP contribution >= 0.6 is 0 Å². The van der Waals surface area contributed by atoms with Crippen molar-refractivity contribution < 1.29 is 0 Å². The summed E-state index contributed by atoms with van der Waals surface area (Å²) in [4.78, 5) is 2.67. The van der Waals surface area contributed by atoms with Gasteiger partial charge in [-0.3, -0.25) is 0 Å². The van der Waals surface area contributed by atoms with Crippen molar-refractivity contribution in [2.24, 2.45) is 5.92 Å². The minimum Gasteiger partial charge on any atom is -0.310 e. The summed E-state index contributed by atoms with van der Waals surface area (Å²) < 4.78 is 0. The molecule has 0 bridgehead atoms. The molecular weight excluding hydrogens is 208 g/mol. The number of hydrogen-bond donors (Lipinski definition) is 1. The average molecular weight is 240 g/mol. The Kier molecular flexibility index (Phi) is 6.50. The molecule has 0 aliphatic carbocycles. The Labute approximate surface area is 108 Å². The highest BCUT2D eigenvalue weighted by Crippen LogP contribution is 2.24. The molecule has 1 saturated heterocycles. The molecule has 1 N–H and O–H groups in total. The van der Waals surface area contributed by atoms with Gasteiger partial charge in [0.1, 0.15) is 0 Å². The second-order valence-electron chi connectivity index (χ2n) is 5.67. The fraction of sp³-hybridized carbons (Fsp3) is 1.00. The van der Waals surface area contributed by atoms with Gasteiger partial charge >= 0.3 is 0 Å². The lowest BCUT2D eigenvalue weighted by Gasteiger charge is -2.36. The van der Waals surface area contributed by atoms with Crippen LogP contribution in [-0.4, -0.2) is 36.6 Å². The Bertz CT molecular complexity index is 193. The molecule has 0 spiro atoms. The van der Waals surface area contributed by atoms with Gasteiger partial charge in [0.2, 0.25) is 0 Å². The second-order valence-corrected chi connectivity index (χ2v) is 5.67. The highest BCUT2D eigenvalue weighted by Gasteiger charge is 2.33. The molecule has 0 aromatic heterocycles. The van der Waals surface area contributed by atoms with Crippen molar-refractivity contribution in [1.29, 1.82) is 0 Å². The zero-order valence-corrected chi connectivity index (χ0v) is 12.4. The molecule has 1 rings (SSSR count). The first-order valence-electron chi connectivity index (χ1n) is 7.67. The molecule has 17 heavy (non-hydrogen) atoms. The molecule has 1 fully saturated rings. The first-order valence-corrected chi connectivity index (χ1v) is 7.67. The third kappa shape index (κ3) is 4.26. The number of nitrogens with zero attached hydrogens (tertiary/aromatic N) is 1. The Balaban J connectivity index is 2.49. The van der Waals surface area contributed by atoms with E-state index in [1.807, 2.05) is 0 Å². The van der Waals surface area contributed by atoms with Gasteiger partial charge in [-0.2, -0.15) is 0 Å². The van der Waals surface area contributed by atoms with Gasteiger partial charge in [0.25, 0.3) is 0 Å². The van der Waals surface area contributed by atoms with E-state index in [1.165, 1.54) is 58.3 Å². The van der Waals surface area contributed by atoms with E-state index in [0.29, 0.717) is 5.54 Å². The molecule has 0 saturated carbocycles. The van der Waals surface area contributed by atoms with Gasteiger partial charge in [-0.25, -0.2) is 0 Å². The highest BCUT2D eigenvalue weighted by atomic mass is 15.2. The summed E-state index contributed by atoms with van der Waals surface area (Å²) in [6.07, 6.45) is 6.63. The van der Waals surface area contributed by atoms with Crippen LogP contribution in [0.5, 0.6) is 0 Å². The summed E-state index contributed by atoms with van der Waals surface area (Å²) in [5.74, 6) is 0.880. The average Bonchev–Trinajstić information content (AvgIpc) is 2.83. The summed E-state index contributed by atoms with van der Waals surface area (Å²) in [5.41, 5.74) is 0.419. The fourth-order valence-electron chi connectivity index (χ4n) is 3.06. The van der Waals surface area contributed by atoms with Crippen LogP contribution in [0.2, 0.25) is 0 Å². The first kappa shape index (κ1) is 15.0. The van der Waals surface area contributed by atoms with Gasteiger partial charge in [0.05, 0.1) is 0 Å². The SMILES string of the molecule is CCC(CC)CN(CC)CC1(CC)CCCN1. The summed E-state index contributed by atoms with van der Waals surface area (Å²) in [7, 11) is 0. The fourth-order valence-corrected chi connectivity index (χ4v) is 3.06. The predicted molar refractivity (Wildman–Crippen MR) is 76.4 cm³/mol. The molecule has 1 heterocycles. The van der Waals surface area contributed by atoms with Gasteiger partial charge in [0.15, 0.2) is 0 Å². The van der Waals surface area contributed by atoms with E-state index in [9.17, 15) is 0 Å². The van der Waals surface area contributed by atoms with Crippen molar-refractivity contribution in [2.75, 3.05) is 26.2 Å². The maximum absolute atomic E-state index is 3.75. The highest BCUT2D eigenvalue weighted by molar-refractivity contribution is 4.94. The van der Waals surface area contributed by atoms with E-state index in [2.05, 4.69) is 37.9 Å². The maximum atomic E-state index is 3.75. The normalized spacial score (nSPS) is 25.1. The second kappa shape index (κ2) is 7.38. The quantitative estimate of drug-likeness (QED) is 0.700. The minimum atomic E-state index is 0.419. The van der Waals surface area contributed by atoms with Crippen LogP contribution in [0.15, 0.2) is 0 Å². The standard InChI is InChI=1S/C15H32N2/c1-5-14(6-2)12-17(8-4)13-15(7-3)10-9-11-16-15/h14,16H,5-13H2,1-4H3. The van der Waals surface area contributed by atoms with Crippen molar-refractivity contribution in [3.63, 3.8) is 0 Å². The monoisotopic (exact) mass is 240 g/mol. The summed E-state index contributed by atoms with van der Waals surface area (Å²) in [5, 5.41) is 3.75. The molecule has 102 valence electrons. The van der Waals surface area contributed by atoms with Crippen LogP contribution in [0.4, 0.5) is 0 Å². The largest absolute Gasteiger partial charge is 0.310 e. The minimum absolute atomic E-state index is 0.419. The molecule has 0 aromatic carbocycles. The summed E-state index contributed by atoms with van der Waals surface area (Å²) in [6.45, 7) is 14.2.